The maximum absolute atomic E-state index is 11.9. The first-order chi connectivity index (χ1) is 7.47. The third-order valence-electron chi connectivity index (χ3n) is 2.96. The zero-order valence-electron chi connectivity index (χ0n) is 9.05. The standard InChI is InChI=1S/C9H15N3O3S/c1-12-6-8(5-10-12)16(14,15)11-9(7-13)3-2-4-9/h5-6,11,13H,2-4,7H2,1H3. The fourth-order valence-electron chi connectivity index (χ4n) is 1.78. The Hall–Kier alpha value is -0.920. The predicted octanol–water partition coefficient (Wildman–Crippen LogP) is -0.387. The molecule has 2 N–H and O–H groups in total. The molecular formula is C9H15N3O3S. The molecule has 0 bridgehead atoms. The molecule has 0 amide bonds. The fraction of sp³-hybridized carbons (Fsp3) is 0.667. The van der Waals surface area contributed by atoms with Crippen molar-refractivity contribution in [2.45, 2.75) is 29.7 Å². The van der Waals surface area contributed by atoms with Crippen LogP contribution in [0.4, 0.5) is 0 Å². The second-order valence-corrected chi connectivity index (χ2v) is 5.93. The van der Waals surface area contributed by atoms with Crippen molar-refractivity contribution < 1.29 is 13.5 Å². The number of sulfonamides is 1. The summed E-state index contributed by atoms with van der Waals surface area (Å²) < 4.78 is 27.9. The first-order valence-corrected chi connectivity index (χ1v) is 6.59. The van der Waals surface area contributed by atoms with E-state index in [-0.39, 0.29) is 11.5 Å². The van der Waals surface area contributed by atoms with E-state index in [9.17, 15) is 13.5 Å². The van der Waals surface area contributed by atoms with Crippen molar-refractivity contribution in [1.82, 2.24) is 14.5 Å². The van der Waals surface area contributed by atoms with E-state index in [2.05, 4.69) is 9.82 Å². The summed E-state index contributed by atoms with van der Waals surface area (Å²) in [6, 6.07) is 0. The van der Waals surface area contributed by atoms with Crippen molar-refractivity contribution in [3.63, 3.8) is 0 Å². The largest absolute Gasteiger partial charge is 0.394 e. The van der Waals surface area contributed by atoms with Crippen LogP contribution in [0.5, 0.6) is 0 Å². The molecule has 0 atom stereocenters. The lowest BCUT2D eigenvalue weighted by Gasteiger charge is -2.40. The summed E-state index contributed by atoms with van der Waals surface area (Å²) in [5, 5.41) is 13.0. The van der Waals surface area contributed by atoms with E-state index in [0.29, 0.717) is 12.8 Å². The van der Waals surface area contributed by atoms with Gasteiger partial charge in [0.1, 0.15) is 4.90 Å². The van der Waals surface area contributed by atoms with Crippen LogP contribution in [0.25, 0.3) is 0 Å². The van der Waals surface area contributed by atoms with E-state index < -0.39 is 15.6 Å². The highest BCUT2D eigenvalue weighted by Crippen LogP contribution is 2.32. The molecular weight excluding hydrogens is 230 g/mol. The first-order valence-electron chi connectivity index (χ1n) is 5.11. The Morgan fingerprint density at radius 2 is 2.31 bits per heavy atom. The molecule has 0 radical (unpaired) electrons. The number of hydrogen-bond acceptors (Lipinski definition) is 4. The van der Waals surface area contributed by atoms with Gasteiger partial charge in [-0.1, -0.05) is 0 Å². The van der Waals surface area contributed by atoms with Gasteiger partial charge < -0.3 is 5.11 Å². The van der Waals surface area contributed by atoms with E-state index in [1.54, 1.807) is 7.05 Å². The Morgan fingerprint density at radius 1 is 1.62 bits per heavy atom. The van der Waals surface area contributed by atoms with Crippen molar-refractivity contribution in [3.05, 3.63) is 12.4 Å². The monoisotopic (exact) mass is 245 g/mol. The van der Waals surface area contributed by atoms with Gasteiger partial charge in [-0.2, -0.15) is 5.10 Å². The minimum Gasteiger partial charge on any atom is -0.394 e. The minimum absolute atomic E-state index is 0.134. The van der Waals surface area contributed by atoms with Crippen LogP contribution in [0.1, 0.15) is 19.3 Å². The fourth-order valence-corrected chi connectivity index (χ4v) is 3.21. The van der Waals surface area contributed by atoms with Crippen LogP contribution in [0, 0.1) is 0 Å². The summed E-state index contributed by atoms with van der Waals surface area (Å²) in [7, 11) is -1.91. The van der Waals surface area contributed by atoms with Crippen molar-refractivity contribution in [2.75, 3.05) is 6.61 Å². The predicted molar refractivity (Wildman–Crippen MR) is 57.2 cm³/mol. The van der Waals surface area contributed by atoms with E-state index in [1.165, 1.54) is 17.1 Å². The summed E-state index contributed by atoms with van der Waals surface area (Å²) >= 11 is 0. The topological polar surface area (TPSA) is 84.2 Å². The normalized spacial score (nSPS) is 19.4. The quantitative estimate of drug-likeness (QED) is 0.757. The Labute approximate surface area is 94.3 Å². The molecule has 1 aromatic rings. The Bertz CT molecular complexity index is 470. The lowest BCUT2D eigenvalue weighted by molar-refractivity contribution is 0.110. The number of aromatic nitrogens is 2. The van der Waals surface area contributed by atoms with Crippen LogP contribution in [0.2, 0.25) is 0 Å². The maximum atomic E-state index is 11.9. The molecule has 90 valence electrons. The van der Waals surface area contributed by atoms with Gasteiger partial charge in [0.05, 0.1) is 18.3 Å². The number of hydrogen-bond donors (Lipinski definition) is 2. The van der Waals surface area contributed by atoms with E-state index in [4.69, 9.17) is 0 Å². The average molecular weight is 245 g/mol. The third-order valence-corrected chi connectivity index (χ3v) is 4.49. The summed E-state index contributed by atoms with van der Waals surface area (Å²) in [5.74, 6) is 0. The molecule has 7 heteroatoms. The molecule has 1 fully saturated rings. The Balaban J connectivity index is 2.20. The van der Waals surface area contributed by atoms with Gasteiger partial charge >= 0.3 is 0 Å². The van der Waals surface area contributed by atoms with Gasteiger partial charge in [0.2, 0.25) is 10.0 Å². The second-order valence-electron chi connectivity index (χ2n) is 4.25. The van der Waals surface area contributed by atoms with Crippen LogP contribution in [-0.4, -0.2) is 35.5 Å². The molecule has 0 aromatic carbocycles. The number of rotatable bonds is 4. The van der Waals surface area contributed by atoms with Gasteiger partial charge in [0, 0.05) is 13.2 Å². The van der Waals surface area contributed by atoms with Crippen LogP contribution in [0.3, 0.4) is 0 Å². The molecule has 0 saturated heterocycles. The van der Waals surface area contributed by atoms with E-state index in [1.807, 2.05) is 0 Å². The Kier molecular flexibility index (Phi) is 2.77. The van der Waals surface area contributed by atoms with Crippen LogP contribution in [0.15, 0.2) is 17.3 Å². The number of aliphatic hydroxyl groups is 1. The molecule has 0 aliphatic heterocycles. The summed E-state index contributed by atoms with van der Waals surface area (Å²) in [4.78, 5) is 0.134. The highest BCUT2D eigenvalue weighted by Gasteiger charge is 2.40. The molecule has 1 aromatic heterocycles. The number of nitrogens with zero attached hydrogens (tertiary/aromatic N) is 2. The van der Waals surface area contributed by atoms with Gasteiger partial charge in [-0.05, 0) is 19.3 Å². The third kappa shape index (κ3) is 1.98. The van der Waals surface area contributed by atoms with Gasteiger partial charge in [0.25, 0.3) is 0 Å². The molecule has 2 rings (SSSR count). The average Bonchev–Trinajstić information content (AvgIpc) is 2.59. The SMILES string of the molecule is Cn1cc(S(=O)(=O)NC2(CO)CCC2)cn1. The highest BCUT2D eigenvalue weighted by atomic mass is 32.2. The molecule has 1 aliphatic carbocycles. The van der Waals surface area contributed by atoms with Gasteiger partial charge in [-0.25, -0.2) is 13.1 Å². The maximum Gasteiger partial charge on any atom is 0.244 e. The molecule has 0 unspecified atom stereocenters. The molecule has 1 saturated carbocycles. The smallest absolute Gasteiger partial charge is 0.244 e. The van der Waals surface area contributed by atoms with Crippen molar-refractivity contribution in [1.29, 1.82) is 0 Å². The summed E-state index contributed by atoms with van der Waals surface area (Å²) in [6.07, 6.45) is 5.04. The van der Waals surface area contributed by atoms with Crippen LogP contribution >= 0.6 is 0 Å². The van der Waals surface area contributed by atoms with Gasteiger partial charge in [0.15, 0.2) is 0 Å². The lowest BCUT2D eigenvalue weighted by atomic mass is 9.78. The molecule has 16 heavy (non-hydrogen) atoms. The minimum atomic E-state index is -3.56. The summed E-state index contributed by atoms with van der Waals surface area (Å²) in [5.41, 5.74) is -0.658. The summed E-state index contributed by atoms with van der Waals surface area (Å²) in [6.45, 7) is -0.160. The zero-order valence-corrected chi connectivity index (χ0v) is 9.87. The zero-order chi connectivity index (χ0) is 11.8. The molecule has 1 heterocycles. The van der Waals surface area contributed by atoms with Crippen molar-refractivity contribution in [2.24, 2.45) is 7.05 Å². The Morgan fingerprint density at radius 3 is 2.69 bits per heavy atom. The van der Waals surface area contributed by atoms with Crippen LogP contribution < -0.4 is 4.72 Å². The first kappa shape index (κ1) is 11.6. The van der Waals surface area contributed by atoms with Crippen LogP contribution in [-0.2, 0) is 17.1 Å². The molecule has 6 nitrogen and oxygen atoms in total. The second kappa shape index (κ2) is 3.83. The molecule has 1 aliphatic rings. The number of aryl methyl sites for hydroxylation is 1. The van der Waals surface area contributed by atoms with E-state index in [0.717, 1.165) is 6.42 Å². The van der Waals surface area contributed by atoms with Gasteiger partial charge in [-0.15, -0.1) is 0 Å². The molecule has 0 spiro atoms. The lowest BCUT2D eigenvalue weighted by Crippen LogP contribution is -2.55. The van der Waals surface area contributed by atoms with E-state index >= 15 is 0 Å². The van der Waals surface area contributed by atoms with Gasteiger partial charge in [-0.3, -0.25) is 4.68 Å². The number of nitrogens with one attached hydrogen (secondary N) is 1. The number of aliphatic hydroxyl groups excluding tert-OH is 1. The highest BCUT2D eigenvalue weighted by molar-refractivity contribution is 7.89. The van der Waals surface area contributed by atoms with Crippen molar-refractivity contribution >= 4 is 10.0 Å². The van der Waals surface area contributed by atoms with Crippen molar-refractivity contribution in [3.8, 4) is 0 Å².